The van der Waals surface area contributed by atoms with Gasteiger partial charge in [0.15, 0.2) is 11.7 Å². The Kier molecular flexibility index (Phi) is 6.60. The van der Waals surface area contributed by atoms with E-state index < -0.39 is 5.97 Å². The number of thiocarbonyl (C=S) groups is 1. The van der Waals surface area contributed by atoms with Gasteiger partial charge in [0, 0.05) is 5.70 Å². The number of ether oxygens (including phenoxy) is 2. The Hall–Kier alpha value is -2.36. The van der Waals surface area contributed by atoms with E-state index in [1.807, 2.05) is 30.3 Å². The Labute approximate surface area is 141 Å². The van der Waals surface area contributed by atoms with Crippen LogP contribution < -0.4 is 10.6 Å². The molecule has 0 radical (unpaired) electrons. The largest absolute Gasteiger partial charge is 0.449 e. The van der Waals surface area contributed by atoms with Crippen molar-refractivity contribution < 1.29 is 14.3 Å². The number of carbonyl (C=O) groups excluding carboxylic acids is 1. The molecule has 0 saturated carbocycles. The van der Waals surface area contributed by atoms with E-state index in [1.165, 1.54) is 0 Å². The Morgan fingerprint density at radius 3 is 2.74 bits per heavy atom. The molecule has 0 aliphatic carbocycles. The normalized spacial score (nSPS) is 13.5. The molecule has 2 rings (SSSR count). The smallest absolute Gasteiger partial charge is 0.338 e. The lowest BCUT2D eigenvalue weighted by atomic mass is 10.2. The van der Waals surface area contributed by atoms with Crippen LogP contribution in [0.4, 0.5) is 0 Å². The zero-order chi connectivity index (χ0) is 16.5. The summed E-state index contributed by atoms with van der Waals surface area (Å²) in [5.41, 5.74) is 2.33. The number of hydrogen-bond donors (Lipinski definition) is 2. The van der Waals surface area contributed by atoms with E-state index in [1.54, 1.807) is 6.92 Å². The average molecular weight is 330 g/mol. The molecule has 0 fully saturated rings. The van der Waals surface area contributed by atoms with Crippen molar-refractivity contribution in [3.8, 4) is 11.8 Å². The average Bonchev–Trinajstić information content (AvgIpc) is 2.54. The van der Waals surface area contributed by atoms with E-state index in [9.17, 15) is 4.79 Å². The molecule has 0 spiro atoms. The third kappa shape index (κ3) is 5.74. The van der Waals surface area contributed by atoms with Gasteiger partial charge in [-0.3, -0.25) is 0 Å². The first-order chi connectivity index (χ1) is 11.2. The van der Waals surface area contributed by atoms with Crippen molar-refractivity contribution in [1.29, 1.82) is 0 Å². The molecule has 1 aliphatic heterocycles. The minimum Gasteiger partial charge on any atom is -0.449 e. The molecule has 1 aromatic rings. The van der Waals surface area contributed by atoms with Gasteiger partial charge in [-0.05, 0) is 24.7 Å². The molecular weight excluding hydrogens is 312 g/mol. The first-order valence-corrected chi connectivity index (χ1v) is 7.57. The molecule has 1 heterocycles. The van der Waals surface area contributed by atoms with Crippen LogP contribution in [0.1, 0.15) is 12.5 Å². The maximum absolute atomic E-state index is 11.9. The summed E-state index contributed by atoms with van der Waals surface area (Å²) in [6, 6.07) is 9.86. The van der Waals surface area contributed by atoms with Crippen molar-refractivity contribution in [2.75, 3.05) is 19.8 Å². The van der Waals surface area contributed by atoms with Gasteiger partial charge in [0.2, 0.25) is 0 Å². The van der Waals surface area contributed by atoms with E-state index in [-0.39, 0.29) is 6.61 Å². The lowest BCUT2D eigenvalue weighted by molar-refractivity contribution is -0.137. The van der Waals surface area contributed by atoms with Crippen molar-refractivity contribution in [3.05, 3.63) is 47.2 Å². The van der Waals surface area contributed by atoms with Gasteiger partial charge in [-0.2, -0.15) is 0 Å². The lowest BCUT2D eigenvalue weighted by Gasteiger charge is -2.20. The van der Waals surface area contributed by atoms with Crippen LogP contribution in [0, 0.1) is 11.8 Å². The van der Waals surface area contributed by atoms with Crippen molar-refractivity contribution in [2.24, 2.45) is 0 Å². The first kappa shape index (κ1) is 17.0. The highest BCUT2D eigenvalue weighted by molar-refractivity contribution is 7.80. The number of rotatable bonds is 5. The molecular formula is C17H18N2O3S. The van der Waals surface area contributed by atoms with E-state index in [0.29, 0.717) is 36.1 Å². The van der Waals surface area contributed by atoms with Gasteiger partial charge in [-0.25, -0.2) is 4.79 Å². The predicted molar refractivity (Wildman–Crippen MR) is 91.3 cm³/mol. The zero-order valence-corrected chi connectivity index (χ0v) is 13.7. The van der Waals surface area contributed by atoms with E-state index in [4.69, 9.17) is 21.7 Å². The second-order valence-corrected chi connectivity index (χ2v) is 5.23. The van der Waals surface area contributed by atoms with Crippen LogP contribution in [-0.2, 0) is 20.9 Å². The number of nitrogens with one attached hydrogen (secondary N) is 2. The molecule has 0 amide bonds. The van der Waals surface area contributed by atoms with Gasteiger partial charge in [-0.1, -0.05) is 42.2 Å². The number of benzene rings is 1. The van der Waals surface area contributed by atoms with Crippen molar-refractivity contribution in [2.45, 2.75) is 13.5 Å². The van der Waals surface area contributed by atoms with Crippen LogP contribution in [0.5, 0.6) is 0 Å². The molecule has 1 aliphatic rings. The lowest BCUT2D eigenvalue weighted by Crippen LogP contribution is -2.42. The summed E-state index contributed by atoms with van der Waals surface area (Å²) in [6.45, 7) is 3.00. The van der Waals surface area contributed by atoms with Gasteiger partial charge in [0.1, 0.15) is 6.61 Å². The molecule has 120 valence electrons. The minimum absolute atomic E-state index is 0.0365. The summed E-state index contributed by atoms with van der Waals surface area (Å²) < 4.78 is 10.5. The van der Waals surface area contributed by atoms with Crippen LogP contribution in [0.15, 0.2) is 41.6 Å². The standard InChI is InChI=1S/C17H18N2O3S/c1-13-15(11-18-17(23)19-13)16(20)22-10-6-5-9-21-12-14-7-3-2-4-8-14/h2-4,7-8H,9-12H2,1H3,(H2,18,19,23). The topological polar surface area (TPSA) is 59.6 Å². The monoisotopic (exact) mass is 330 g/mol. The number of esters is 1. The minimum atomic E-state index is -0.399. The van der Waals surface area contributed by atoms with Gasteiger partial charge < -0.3 is 20.1 Å². The quantitative estimate of drug-likeness (QED) is 0.369. The molecule has 0 aromatic heterocycles. The van der Waals surface area contributed by atoms with E-state index >= 15 is 0 Å². The molecule has 1 aromatic carbocycles. The van der Waals surface area contributed by atoms with Gasteiger partial charge in [-0.15, -0.1) is 0 Å². The molecule has 23 heavy (non-hydrogen) atoms. The number of allylic oxidation sites excluding steroid dienone is 1. The fraction of sp³-hybridized carbons (Fsp3) is 0.294. The molecule has 0 saturated heterocycles. The summed E-state index contributed by atoms with van der Waals surface area (Å²) in [5, 5.41) is 6.28. The fourth-order valence-electron chi connectivity index (χ4n) is 1.90. The van der Waals surface area contributed by atoms with Crippen molar-refractivity contribution in [3.63, 3.8) is 0 Å². The number of hydrogen-bond acceptors (Lipinski definition) is 4. The van der Waals surface area contributed by atoms with Crippen LogP contribution in [-0.4, -0.2) is 30.8 Å². The van der Waals surface area contributed by atoms with Gasteiger partial charge in [0.25, 0.3) is 0 Å². The first-order valence-electron chi connectivity index (χ1n) is 7.16. The van der Waals surface area contributed by atoms with E-state index in [0.717, 1.165) is 5.56 Å². The van der Waals surface area contributed by atoms with Crippen LogP contribution in [0.2, 0.25) is 0 Å². The SMILES string of the molecule is CC1=C(C(=O)OCC#CCOCc2ccccc2)CNC(=S)N1. The summed E-state index contributed by atoms with van der Waals surface area (Å²) in [6.07, 6.45) is 0. The maximum Gasteiger partial charge on any atom is 0.338 e. The maximum atomic E-state index is 11.9. The summed E-state index contributed by atoms with van der Waals surface area (Å²) >= 11 is 4.96. The van der Waals surface area contributed by atoms with Gasteiger partial charge >= 0.3 is 5.97 Å². The highest BCUT2D eigenvalue weighted by atomic mass is 32.1. The summed E-state index contributed by atoms with van der Waals surface area (Å²) in [5.74, 6) is 5.17. The highest BCUT2D eigenvalue weighted by Crippen LogP contribution is 2.06. The Morgan fingerprint density at radius 1 is 1.26 bits per heavy atom. The Bertz CT molecular complexity index is 659. The fourth-order valence-corrected chi connectivity index (χ4v) is 2.13. The predicted octanol–water partition coefficient (Wildman–Crippen LogP) is 1.50. The van der Waals surface area contributed by atoms with Crippen LogP contribution in [0.3, 0.4) is 0 Å². The Morgan fingerprint density at radius 2 is 2.00 bits per heavy atom. The van der Waals surface area contributed by atoms with Crippen LogP contribution >= 0.6 is 12.2 Å². The molecule has 2 N–H and O–H groups in total. The van der Waals surface area contributed by atoms with E-state index in [2.05, 4.69) is 22.5 Å². The second-order valence-electron chi connectivity index (χ2n) is 4.82. The molecule has 6 heteroatoms. The zero-order valence-electron chi connectivity index (χ0n) is 12.8. The highest BCUT2D eigenvalue weighted by Gasteiger charge is 2.19. The molecule has 0 bridgehead atoms. The molecule has 0 atom stereocenters. The number of carbonyl (C=O) groups is 1. The summed E-state index contributed by atoms with van der Waals surface area (Å²) in [7, 11) is 0. The summed E-state index contributed by atoms with van der Waals surface area (Å²) in [4.78, 5) is 11.9. The third-order valence-electron chi connectivity index (χ3n) is 3.11. The molecule has 5 nitrogen and oxygen atoms in total. The van der Waals surface area contributed by atoms with Crippen molar-refractivity contribution >= 4 is 23.3 Å². The van der Waals surface area contributed by atoms with Crippen molar-refractivity contribution in [1.82, 2.24) is 10.6 Å². The third-order valence-corrected chi connectivity index (χ3v) is 3.36. The van der Waals surface area contributed by atoms with Crippen LogP contribution in [0.25, 0.3) is 0 Å². The second kappa shape index (κ2) is 8.93. The van der Waals surface area contributed by atoms with Gasteiger partial charge in [0.05, 0.1) is 18.7 Å². The molecule has 0 unspecified atom stereocenters. The Balaban J connectivity index is 1.66.